The molecule has 0 aliphatic carbocycles. The van der Waals surface area contributed by atoms with Crippen LogP contribution < -0.4 is 0 Å². The van der Waals surface area contributed by atoms with E-state index < -0.39 is 27.9 Å². The van der Waals surface area contributed by atoms with E-state index in [-0.39, 0.29) is 17.3 Å². The third kappa shape index (κ3) is 3.02. The van der Waals surface area contributed by atoms with Gasteiger partial charge in [0.2, 0.25) is 11.8 Å². The van der Waals surface area contributed by atoms with Crippen LogP contribution in [0.3, 0.4) is 0 Å². The Morgan fingerprint density at radius 1 is 1.12 bits per heavy atom. The number of furan rings is 1. The summed E-state index contributed by atoms with van der Waals surface area (Å²) in [7, 11) is 0. The highest BCUT2D eigenvalue weighted by atomic mass is 16.7. The van der Waals surface area contributed by atoms with Gasteiger partial charge in [-0.05, 0) is 18.2 Å². The summed E-state index contributed by atoms with van der Waals surface area (Å²) >= 11 is 0. The molecule has 0 spiro atoms. The van der Waals surface area contributed by atoms with Crippen LogP contribution in [-0.2, 0) is 9.53 Å². The zero-order chi connectivity index (χ0) is 18.1. The molecule has 0 N–H and O–H groups in total. The van der Waals surface area contributed by atoms with Gasteiger partial charge in [0, 0.05) is 24.6 Å². The van der Waals surface area contributed by atoms with Crippen LogP contribution in [0.4, 0.5) is 11.6 Å². The Hall–Kier alpha value is -3.76. The van der Waals surface area contributed by atoms with Crippen LogP contribution >= 0.6 is 0 Å². The van der Waals surface area contributed by atoms with E-state index in [1.807, 2.05) is 0 Å². The number of rotatable bonds is 4. The average molecular weight is 346 g/mol. The fourth-order valence-corrected chi connectivity index (χ4v) is 2.17. The number of hydrogen-bond acceptors (Lipinski definition) is 8. The van der Waals surface area contributed by atoms with E-state index >= 15 is 0 Å². The summed E-state index contributed by atoms with van der Waals surface area (Å²) in [6.07, 6.45) is -1.10. The molecule has 1 aromatic heterocycles. The van der Waals surface area contributed by atoms with Gasteiger partial charge in [0.15, 0.2) is 5.76 Å². The number of benzene rings is 1. The van der Waals surface area contributed by atoms with Crippen molar-refractivity contribution < 1.29 is 23.8 Å². The summed E-state index contributed by atoms with van der Waals surface area (Å²) < 4.78 is 10.6. The molecule has 2 heterocycles. The van der Waals surface area contributed by atoms with Crippen molar-refractivity contribution in [2.75, 3.05) is 0 Å². The number of nitrogens with zero attached hydrogens (tertiary/aromatic N) is 4. The monoisotopic (exact) mass is 346 g/mol. The highest BCUT2D eigenvalue weighted by Crippen LogP contribution is 2.33. The molecular weight excluding hydrogens is 336 g/mol. The zero-order valence-electron chi connectivity index (χ0n) is 12.7. The molecule has 1 atom stereocenters. The molecule has 0 fully saturated rings. The molecule has 1 unspecified atom stereocenters. The Labute approximate surface area is 139 Å². The number of hydrazone groups is 1. The molecule has 0 saturated heterocycles. The van der Waals surface area contributed by atoms with Gasteiger partial charge in [-0.15, -0.1) is 5.10 Å². The van der Waals surface area contributed by atoms with Crippen LogP contribution in [-0.4, -0.2) is 26.7 Å². The van der Waals surface area contributed by atoms with Crippen molar-refractivity contribution in [3.8, 4) is 0 Å². The van der Waals surface area contributed by atoms with E-state index in [2.05, 4.69) is 5.10 Å². The van der Waals surface area contributed by atoms with Gasteiger partial charge in [0.05, 0.1) is 11.0 Å². The number of carbonyl (C=O) groups is 1. The Morgan fingerprint density at radius 3 is 2.32 bits per heavy atom. The molecule has 0 radical (unpaired) electrons. The summed E-state index contributed by atoms with van der Waals surface area (Å²) in [5, 5.41) is 26.4. The average Bonchev–Trinajstić information content (AvgIpc) is 3.22. The Balaban J connectivity index is 1.89. The molecule has 1 aliphatic rings. The lowest BCUT2D eigenvalue weighted by atomic mass is 10.2. The second-order valence-corrected chi connectivity index (χ2v) is 4.98. The molecule has 0 bridgehead atoms. The Kier molecular flexibility index (Phi) is 3.89. The minimum atomic E-state index is -1.10. The summed E-state index contributed by atoms with van der Waals surface area (Å²) in [4.78, 5) is 31.9. The first-order valence-corrected chi connectivity index (χ1v) is 6.91. The second-order valence-electron chi connectivity index (χ2n) is 4.98. The quantitative estimate of drug-likeness (QED) is 0.611. The SMILES string of the molecule is CC(=O)N1N=C(c2ccc([N+](=O)[O-])cc2)OC1c1ccc([N+](=O)[O-])o1. The fourth-order valence-electron chi connectivity index (χ4n) is 2.17. The molecule has 0 saturated carbocycles. The molecule has 1 aromatic carbocycles. The van der Waals surface area contributed by atoms with E-state index in [1.54, 1.807) is 0 Å². The van der Waals surface area contributed by atoms with E-state index in [4.69, 9.17) is 9.15 Å². The van der Waals surface area contributed by atoms with Crippen molar-refractivity contribution in [1.82, 2.24) is 5.01 Å². The number of carbonyl (C=O) groups excluding carboxylic acids is 1. The molecule has 1 aliphatic heterocycles. The van der Waals surface area contributed by atoms with Crippen molar-refractivity contribution in [3.63, 3.8) is 0 Å². The van der Waals surface area contributed by atoms with E-state index in [0.717, 1.165) is 11.1 Å². The molecule has 2 aromatic rings. The van der Waals surface area contributed by atoms with Crippen LogP contribution in [0.2, 0.25) is 0 Å². The zero-order valence-corrected chi connectivity index (χ0v) is 12.7. The van der Waals surface area contributed by atoms with E-state index in [0.29, 0.717) is 5.56 Å². The van der Waals surface area contributed by atoms with Gasteiger partial charge in [-0.2, -0.15) is 5.01 Å². The van der Waals surface area contributed by atoms with Gasteiger partial charge in [-0.1, -0.05) is 0 Å². The minimum Gasteiger partial charge on any atom is -0.442 e. The fraction of sp³-hybridized carbons (Fsp3) is 0.143. The normalized spacial score (nSPS) is 16.3. The maximum atomic E-state index is 11.8. The summed E-state index contributed by atoms with van der Waals surface area (Å²) in [5.41, 5.74) is 0.296. The van der Waals surface area contributed by atoms with Crippen LogP contribution in [0.15, 0.2) is 45.9 Å². The smallest absolute Gasteiger partial charge is 0.433 e. The van der Waals surface area contributed by atoms with Crippen LogP contribution in [0.5, 0.6) is 0 Å². The Morgan fingerprint density at radius 2 is 1.80 bits per heavy atom. The number of nitro benzene ring substituents is 1. The predicted octanol–water partition coefficient (Wildman–Crippen LogP) is 2.34. The lowest BCUT2D eigenvalue weighted by Gasteiger charge is -2.16. The first-order chi connectivity index (χ1) is 11.9. The first kappa shape index (κ1) is 16.1. The van der Waals surface area contributed by atoms with Crippen molar-refractivity contribution in [3.05, 3.63) is 68.0 Å². The largest absolute Gasteiger partial charge is 0.442 e. The molecule has 11 heteroatoms. The lowest BCUT2D eigenvalue weighted by molar-refractivity contribution is -0.402. The molecule has 3 rings (SSSR count). The van der Waals surface area contributed by atoms with Gasteiger partial charge in [0.1, 0.15) is 4.92 Å². The predicted molar refractivity (Wildman–Crippen MR) is 81.3 cm³/mol. The van der Waals surface area contributed by atoms with Crippen molar-refractivity contribution in [2.45, 2.75) is 13.2 Å². The van der Waals surface area contributed by atoms with Crippen LogP contribution in [0.1, 0.15) is 24.5 Å². The number of hydrogen-bond donors (Lipinski definition) is 0. The number of non-ortho nitro benzene ring substituents is 1. The molecule has 25 heavy (non-hydrogen) atoms. The molecule has 11 nitrogen and oxygen atoms in total. The van der Waals surface area contributed by atoms with Gasteiger partial charge in [0.25, 0.3) is 11.9 Å². The first-order valence-electron chi connectivity index (χ1n) is 6.91. The van der Waals surface area contributed by atoms with Gasteiger partial charge >= 0.3 is 5.88 Å². The number of amides is 1. The van der Waals surface area contributed by atoms with Crippen LogP contribution in [0.25, 0.3) is 0 Å². The minimum absolute atomic E-state index is 0.0301. The highest BCUT2D eigenvalue weighted by molar-refractivity contribution is 5.96. The highest BCUT2D eigenvalue weighted by Gasteiger charge is 2.36. The van der Waals surface area contributed by atoms with Crippen molar-refractivity contribution in [2.24, 2.45) is 5.10 Å². The third-order valence-corrected chi connectivity index (χ3v) is 3.33. The Bertz CT molecular complexity index is 887. The summed E-state index contributed by atoms with van der Waals surface area (Å²) in [5.74, 6) is -0.899. The summed E-state index contributed by atoms with van der Waals surface area (Å²) in [6, 6.07) is 7.83. The number of nitro groups is 2. The molecule has 128 valence electrons. The van der Waals surface area contributed by atoms with Gasteiger partial charge in [-0.3, -0.25) is 25.0 Å². The second kappa shape index (κ2) is 6.03. The standard InChI is InChI=1S/C14H10N4O7/c1-8(19)16-14(11-6-7-12(24-11)18(22)23)25-13(15-16)9-2-4-10(5-3-9)17(20)21/h2-7,14H,1H3. The third-order valence-electron chi connectivity index (χ3n) is 3.33. The number of ether oxygens (including phenoxy) is 1. The maximum Gasteiger partial charge on any atom is 0.433 e. The van der Waals surface area contributed by atoms with Gasteiger partial charge in [-0.25, -0.2) is 0 Å². The molecular formula is C14H10N4O7. The maximum absolute atomic E-state index is 11.8. The molecule has 1 amide bonds. The lowest BCUT2D eigenvalue weighted by Crippen LogP contribution is -2.24. The van der Waals surface area contributed by atoms with E-state index in [1.165, 1.54) is 37.3 Å². The van der Waals surface area contributed by atoms with Gasteiger partial charge < -0.3 is 9.15 Å². The summed E-state index contributed by atoms with van der Waals surface area (Å²) in [6.45, 7) is 1.25. The van der Waals surface area contributed by atoms with Crippen molar-refractivity contribution in [1.29, 1.82) is 0 Å². The topological polar surface area (TPSA) is 141 Å². The van der Waals surface area contributed by atoms with E-state index in [9.17, 15) is 25.0 Å². The van der Waals surface area contributed by atoms with Crippen molar-refractivity contribution >= 4 is 23.4 Å². The van der Waals surface area contributed by atoms with Crippen LogP contribution in [0, 0.1) is 20.2 Å².